The number of aromatic nitrogens is 2. The van der Waals surface area contributed by atoms with Gasteiger partial charge in [0.05, 0.1) is 36.6 Å². The molecule has 0 spiro atoms. The maximum Gasteiger partial charge on any atom is 0.254 e. The fourth-order valence-electron chi connectivity index (χ4n) is 6.07. The van der Waals surface area contributed by atoms with E-state index in [0.29, 0.717) is 47.9 Å². The van der Waals surface area contributed by atoms with Crippen molar-refractivity contribution >= 4 is 16.9 Å². The molecular weight excluding hydrogens is 468 g/mol. The van der Waals surface area contributed by atoms with Crippen LogP contribution in [0.2, 0.25) is 0 Å². The van der Waals surface area contributed by atoms with Crippen molar-refractivity contribution in [1.82, 2.24) is 20.2 Å². The number of nitrogens with zero attached hydrogens (tertiary/aromatic N) is 3. The molecule has 194 valence electrons. The minimum atomic E-state index is -0.818. The monoisotopic (exact) mass is 502 g/mol. The van der Waals surface area contributed by atoms with Crippen LogP contribution in [-0.4, -0.2) is 52.3 Å². The van der Waals surface area contributed by atoms with E-state index in [1.807, 2.05) is 43.0 Å². The van der Waals surface area contributed by atoms with Gasteiger partial charge >= 0.3 is 0 Å². The zero-order valence-electron chi connectivity index (χ0n) is 21.7. The first kappa shape index (κ1) is 24.0. The van der Waals surface area contributed by atoms with Crippen LogP contribution in [0, 0.1) is 5.92 Å². The molecule has 1 saturated carbocycles. The Morgan fingerprint density at radius 3 is 2.78 bits per heavy atom. The maximum absolute atomic E-state index is 14.0. The van der Waals surface area contributed by atoms with Gasteiger partial charge in [-0.3, -0.25) is 9.78 Å². The molecule has 1 aliphatic carbocycles. The van der Waals surface area contributed by atoms with Gasteiger partial charge in [-0.15, -0.1) is 0 Å². The van der Waals surface area contributed by atoms with Crippen LogP contribution in [0.1, 0.15) is 62.0 Å². The summed E-state index contributed by atoms with van der Waals surface area (Å²) in [6, 6.07) is 12.1. The molecule has 1 N–H and O–H groups in total. The van der Waals surface area contributed by atoms with Crippen LogP contribution in [0.5, 0.6) is 17.2 Å². The molecule has 1 saturated heterocycles. The molecule has 3 aromatic rings. The van der Waals surface area contributed by atoms with Gasteiger partial charge in [0.1, 0.15) is 0 Å². The minimum absolute atomic E-state index is 0.0963. The number of carbonyl (C=O) groups excluding carboxylic acids is 1. The van der Waals surface area contributed by atoms with Crippen molar-refractivity contribution in [2.24, 2.45) is 5.92 Å². The fraction of sp³-hybridized carbons (Fsp3) is 0.483. The second-order valence-corrected chi connectivity index (χ2v) is 10.9. The molecule has 1 aromatic heterocycles. The number of hydrogen-bond acceptors (Lipinski definition) is 7. The number of fused-ring (bicyclic) bond motifs is 3. The quantitative estimate of drug-likeness (QED) is 0.523. The number of rotatable bonds is 6. The molecule has 0 radical (unpaired) electrons. The predicted molar refractivity (Wildman–Crippen MR) is 140 cm³/mol. The third-order valence-corrected chi connectivity index (χ3v) is 7.72. The summed E-state index contributed by atoms with van der Waals surface area (Å²) in [5, 5.41) is 3.82. The lowest BCUT2D eigenvalue weighted by molar-refractivity contribution is -0.0439. The van der Waals surface area contributed by atoms with Gasteiger partial charge in [-0.1, -0.05) is 25.0 Å². The van der Waals surface area contributed by atoms with Gasteiger partial charge in [0.15, 0.2) is 11.5 Å². The summed E-state index contributed by atoms with van der Waals surface area (Å²) in [6.07, 6.45) is 7.94. The Hall–Kier alpha value is -3.39. The van der Waals surface area contributed by atoms with Crippen molar-refractivity contribution in [3.63, 3.8) is 0 Å². The summed E-state index contributed by atoms with van der Waals surface area (Å²) >= 11 is 0. The largest absolute Gasteiger partial charge is 0.493 e. The predicted octanol–water partition coefficient (Wildman–Crippen LogP) is 4.71. The summed E-state index contributed by atoms with van der Waals surface area (Å²) in [6.45, 7) is 4.64. The molecule has 0 bridgehead atoms. The van der Waals surface area contributed by atoms with E-state index in [-0.39, 0.29) is 11.9 Å². The second-order valence-electron chi connectivity index (χ2n) is 10.9. The number of para-hydroxylation sites is 2. The second kappa shape index (κ2) is 9.49. The SMILES string of the molecule is COc1cc(C(=O)N(Cc2cnc3ccccc3n2)C[C@@H]2C[C@@H]3CCCC[C@@H]3N2)cc2c1OC(C)(C)O2. The standard InChI is InChI=1S/C29H34N4O4/c1-29(2)36-26-14-19(13-25(35-3)27(26)37-29)28(34)33(16-20-12-18-8-4-5-9-22(18)31-20)17-21-15-30-23-10-6-7-11-24(23)32-21/h6-7,10-11,13-15,18,20,22,31H,4-5,8-9,12,16-17H2,1-3H3/t18-,20-,22-/m0/s1. The van der Waals surface area contributed by atoms with Crippen molar-refractivity contribution in [3.8, 4) is 17.2 Å². The molecule has 2 aliphatic heterocycles. The highest BCUT2D eigenvalue weighted by atomic mass is 16.7. The Labute approximate surface area is 217 Å². The highest BCUT2D eigenvalue weighted by Crippen LogP contribution is 2.47. The van der Waals surface area contributed by atoms with E-state index >= 15 is 0 Å². The van der Waals surface area contributed by atoms with Gasteiger partial charge < -0.3 is 24.4 Å². The van der Waals surface area contributed by atoms with Gasteiger partial charge in [-0.05, 0) is 49.4 Å². The average Bonchev–Trinajstić information content (AvgIpc) is 3.45. The van der Waals surface area contributed by atoms with E-state index in [1.165, 1.54) is 25.7 Å². The number of hydrogen-bond donors (Lipinski definition) is 1. The molecule has 2 fully saturated rings. The number of methoxy groups -OCH3 is 1. The van der Waals surface area contributed by atoms with E-state index in [9.17, 15) is 4.79 Å². The Bertz CT molecular complexity index is 1310. The Balaban J connectivity index is 1.30. The Kier molecular flexibility index (Phi) is 6.15. The van der Waals surface area contributed by atoms with E-state index in [2.05, 4.69) is 10.3 Å². The summed E-state index contributed by atoms with van der Waals surface area (Å²) in [7, 11) is 1.57. The minimum Gasteiger partial charge on any atom is -0.493 e. The zero-order chi connectivity index (χ0) is 25.6. The molecule has 2 aromatic carbocycles. The first-order chi connectivity index (χ1) is 17.9. The van der Waals surface area contributed by atoms with Gasteiger partial charge in [-0.2, -0.15) is 0 Å². The highest BCUT2D eigenvalue weighted by molar-refractivity contribution is 5.95. The zero-order valence-corrected chi connectivity index (χ0v) is 21.7. The third-order valence-electron chi connectivity index (χ3n) is 7.72. The number of nitrogens with one attached hydrogen (secondary N) is 1. The van der Waals surface area contributed by atoms with Crippen LogP contribution in [0.3, 0.4) is 0 Å². The molecule has 3 atom stereocenters. The molecule has 8 heteroatoms. The summed E-state index contributed by atoms with van der Waals surface area (Å²) in [5.41, 5.74) is 2.93. The molecule has 6 rings (SSSR count). The van der Waals surface area contributed by atoms with Crippen molar-refractivity contribution in [2.45, 2.75) is 70.4 Å². The summed E-state index contributed by atoms with van der Waals surface area (Å²) < 4.78 is 17.4. The van der Waals surface area contributed by atoms with Gasteiger partial charge in [0.2, 0.25) is 11.5 Å². The Morgan fingerprint density at radius 1 is 1.16 bits per heavy atom. The topological polar surface area (TPSA) is 85.8 Å². The lowest BCUT2D eigenvalue weighted by atomic mass is 9.85. The van der Waals surface area contributed by atoms with Crippen molar-refractivity contribution in [2.75, 3.05) is 13.7 Å². The number of amides is 1. The molecule has 37 heavy (non-hydrogen) atoms. The normalized spacial score (nSPS) is 23.6. The van der Waals surface area contributed by atoms with E-state index in [0.717, 1.165) is 23.1 Å². The lowest BCUT2D eigenvalue weighted by Crippen LogP contribution is -2.43. The average molecular weight is 503 g/mol. The first-order valence-corrected chi connectivity index (χ1v) is 13.2. The molecule has 8 nitrogen and oxygen atoms in total. The summed E-state index contributed by atoms with van der Waals surface area (Å²) in [5.74, 6) is 1.31. The molecular formula is C29H34N4O4. The number of benzene rings is 2. The van der Waals surface area contributed by atoms with Crippen LogP contribution in [0.4, 0.5) is 0 Å². The van der Waals surface area contributed by atoms with E-state index < -0.39 is 5.79 Å². The van der Waals surface area contributed by atoms with Crippen molar-refractivity contribution < 1.29 is 19.0 Å². The van der Waals surface area contributed by atoms with Crippen LogP contribution >= 0.6 is 0 Å². The van der Waals surface area contributed by atoms with Crippen LogP contribution in [0.15, 0.2) is 42.6 Å². The van der Waals surface area contributed by atoms with Crippen molar-refractivity contribution in [1.29, 1.82) is 0 Å². The third kappa shape index (κ3) is 4.82. The smallest absolute Gasteiger partial charge is 0.254 e. The van der Waals surface area contributed by atoms with Gasteiger partial charge in [0.25, 0.3) is 5.91 Å². The molecule has 3 heterocycles. The summed E-state index contributed by atoms with van der Waals surface area (Å²) in [4.78, 5) is 25.3. The fourth-order valence-corrected chi connectivity index (χ4v) is 6.07. The van der Waals surface area contributed by atoms with Gasteiger partial charge in [-0.25, -0.2) is 4.98 Å². The maximum atomic E-state index is 14.0. The number of ether oxygens (including phenoxy) is 3. The van der Waals surface area contributed by atoms with Gasteiger partial charge in [0, 0.05) is 38.0 Å². The van der Waals surface area contributed by atoms with Crippen LogP contribution < -0.4 is 19.5 Å². The van der Waals surface area contributed by atoms with Crippen molar-refractivity contribution in [3.05, 3.63) is 53.9 Å². The highest BCUT2D eigenvalue weighted by Gasteiger charge is 2.38. The van der Waals surface area contributed by atoms with E-state index in [1.54, 1.807) is 25.4 Å². The molecule has 3 aliphatic rings. The number of carbonyl (C=O) groups is 1. The first-order valence-electron chi connectivity index (χ1n) is 13.2. The molecule has 0 unspecified atom stereocenters. The van der Waals surface area contributed by atoms with Crippen LogP contribution in [0.25, 0.3) is 11.0 Å². The Morgan fingerprint density at radius 2 is 1.97 bits per heavy atom. The van der Waals surface area contributed by atoms with Crippen LogP contribution in [-0.2, 0) is 6.54 Å². The molecule has 1 amide bonds. The van der Waals surface area contributed by atoms with E-state index in [4.69, 9.17) is 19.2 Å². The lowest BCUT2D eigenvalue weighted by Gasteiger charge is -2.27.